The molecule has 31 heavy (non-hydrogen) atoms. The molecule has 166 valence electrons. The number of alkyl halides is 2. The number of benzene rings is 2. The fraction of sp³-hybridized carbons (Fsp3) is 0.519. The highest BCUT2D eigenvalue weighted by molar-refractivity contribution is 6.61. The van der Waals surface area contributed by atoms with Gasteiger partial charge in [0.15, 0.2) is 5.78 Å². The largest absolute Gasteiger partial charge is 0.362 e. The molecule has 4 atom stereocenters. The average Bonchev–Trinajstić information content (AvgIpc) is 2.81. The van der Waals surface area contributed by atoms with Crippen molar-refractivity contribution in [3.63, 3.8) is 0 Å². The number of rotatable bonds is 8. The first-order chi connectivity index (χ1) is 15.0. The molecule has 0 saturated heterocycles. The van der Waals surface area contributed by atoms with Crippen LogP contribution in [0.1, 0.15) is 75.3 Å². The van der Waals surface area contributed by atoms with Crippen molar-refractivity contribution in [1.29, 1.82) is 0 Å². The summed E-state index contributed by atoms with van der Waals surface area (Å²) in [6.07, 6.45) is 8.23. The van der Waals surface area contributed by atoms with Crippen molar-refractivity contribution < 1.29 is 9.53 Å². The molecule has 4 rings (SSSR count). The van der Waals surface area contributed by atoms with Gasteiger partial charge in [-0.3, -0.25) is 4.79 Å². The van der Waals surface area contributed by atoms with Crippen LogP contribution in [0.3, 0.4) is 0 Å². The Bertz CT molecular complexity index is 867. The lowest BCUT2D eigenvalue weighted by Crippen LogP contribution is -2.70. The summed E-state index contributed by atoms with van der Waals surface area (Å²) in [5.41, 5.74) is 1.20. The minimum atomic E-state index is -1.57. The molecule has 0 aromatic heterocycles. The molecule has 0 radical (unpaired) electrons. The molecular weight excluding hydrogens is 427 g/mol. The number of ether oxygens (including phenoxy) is 1. The summed E-state index contributed by atoms with van der Waals surface area (Å²) in [5, 5.41) is 0. The monoisotopic (exact) mass is 458 g/mol. The standard InChI is InChI=1S/C27H32Cl2O2/c1-2-3-6-18-23-25(30)27(28,29)26(23,21-15-9-5-10-16-21)31-24-19-12-11-17-22(24)20-13-7-4-8-14-20/h4-5,7-10,13-16,22-24H,2-3,6,11-12,17-19H2,1H3/t22-,23+,24+,26+/m0/s1. The van der Waals surface area contributed by atoms with Crippen LogP contribution in [-0.4, -0.2) is 16.2 Å². The van der Waals surface area contributed by atoms with Gasteiger partial charge in [-0.2, -0.15) is 0 Å². The molecule has 0 aliphatic heterocycles. The van der Waals surface area contributed by atoms with E-state index in [1.54, 1.807) is 0 Å². The summed E-state index contributed by atoms with van der Waals surface area (Å²) < 4.78 is 5.45. The molecule has 2 aliphatic rings. The fourth-order valence-corrected chi connectivity index (χ4v) is 6.35. The average molecular weight is 459 g/mol. The minimum absolute atomic E-state index is 0.0185. The Hall–Kier alpha value is -1.35. The SMILES string of the molecule is CCCCC[C@@H]1C(=O)C(Cl)(Cl)[C@@]1(O[C@@H]1CCCC[C@H]1c1ccccc1)c1ccccc1. The number of unbranched alkanes of at least 4 members (excludes halogenated alkanes) is 2. The van der Waals surface area contributed by atoms with Crippen LogP contribution in [0.15, 0.2) is 60.7 Å². The zero-order valence-corrected chi connectivity index (χ0v) is 19.7. The van der Waals surface area contributed by atoms with Crippen LogP contribution in [-0.2, 0) is 15.1 Å². The van der Waals surface area contributed by atoms with E-state index in [0.29, 0.717) is 0 Å². The van der Waals surface area contributed by atoms with Gasteiger partial charge < -0.3 is 4.74 Å². The first kappa shape index (κ1) is 22.8. The molecule has 2 fully saturated rings. The molecule has 2 saturated carbocycles. The summed E-state index contributed by atoms with van der Waals surface area (Å²) in [6.45, 7) is 2.17. The topological polar surface area (TPSA) is 26.3 Å². The van der Waals surface area contributed by atoms with Crippen LogP contribution in [0.25, 0.3) is 0 Å². The van der Waals surface area contributed by atoms with Gasteiger partial charge in [0.25, 0.3) is 0 Å². The second-order valence-corrected chi connectivity index (χ2v) is 10.4. The van der Waals surface area contributed by atoms with Gasteiger partial charge in [-0.1, -0.05) is 123 Å². The van der Waals surface area contributed by atoms with Crippen molar-refractivity contribution in [3.8, 4) is 0 Å². The van der Waals surface area contributed by atoms with E-state index in [-0.39, 0.29) is 23.7 Å². The van der Waals surface area contributed by atoms with Crippen molar-refractivity contribution in [3.05, 3.63) is 71.8 Å². The summed E-state index contributed by atoms with van der Waals surface area (Å²) in [6, 6.07) is 20.5. The van der Waals surface area contributed by atoms with Gasteiger partial charge in [-0.15, -0.1) is 0 Å². The lowest BCUT2D eigenvalue weighted by atomic mass is 9.61. The molecule has 0 unspecified atom stereocenters. The normalized spacial score (nSPS) is 30.0. The van der Waals surface area contributed by atoms with Gasteiger partial charge >= 0.3 is 0 Å². The molecule has 2 aliphatic carbocycles. The summed E-state index contributed by atoms with van der Waals surface area (Å²) in [5.74, 6) is -0.121. The maximum atomic E-state index is 13.1. The Morgan fingerprint density at radius 3 is 2.26 bits per heavy atom. The second kappa shape index (κ2) is 9.65. The van der Waals surface area contributed by atoms with E-state index >= 15 is 0 Å². The van der Waals surface area contributed by atoms with Gasteiger partial charge in [-0.25, -0.2) is 0 Å². The third-order valence-corrected chi connectivity index (χ3v) is 8.08. The lowest BCUT2D eigenvalue weighted by Gasteiger charge is -2.58. The van der Waals surface area contributed by atoms with E-state index in [2.05, 4.69) is 31.2 Å². The molecule has 0 heterocycles. The molecule has 0 bridgehead atoms. The third kappa shape index (κ3) is 4.08. The van der Waals surface area contributed by atoms with Crippen molar-refractivity contribution in [2.24, 2.45) is 5.92 Å². The fourth-order valence-electron chi connectivity index (χ4n) is 5.51. The van der Waals surface area contributed by atoms with Gasteiger partial charge in [0, 0.05) is 5.92 Å². The zero-order valence-electron chi connectivity index (χ0n) is 18.2. The van der Waals surface area contributed by atoms with E-state index in [9.17, 15) is 4.79 Å². The number of carbonyl (C=O) groups excluding carboxylic acids is 1. The van der Waals surface area contributed by atoms with Crippen LogP contribution in [0.5, 0.6) is 0 Å². The highest BCUT2D eigenvalue weighted by Gasteiger charge is 2.73. The summed E-state index contributed by atoms with van der Waals surface area (Å²) in [7, 11) is 0. The Kier molecular flexibility index (Phi) is 7.10. The maximum absolute atomic E-state index is 13.1. The summed E-state index contributed by atoms with van der Waals surface area (Å²) >= 11 is 13.6. The number of carbonyl (C=O) groups is 1. The van der Waals surface area contributed by atoms with Crippen LogP contribution < -0.4 is 0 Å². The predicted octanol–water partition coefficient (Wildman–Crippen LogP) is 7.58. The van der Waals surface area contributed by atoms with Gasteiger partial charge in [0.05, 0.1) is 12.0 Å². The van der Waals surface area contributed by atoms with Gasteiger partial charge in [0.1, 0.15) is 5.60 Å². The van der Waals surface area contributed by atoms with E-state index in [4.69, 9.17) is 27.9 Å². The maximum Gasteiger partial charge on any atom is 0.209 e. The lowest BCUT2D eigenvalue weighted by molar-refractivity contribution is -0.204. The zero-order chi connectivity index (χ0) is 21.9. The van der Waals surface area contributed by atoms with Crippen molar-refractivity contribution in [2.75, 3.05) is 0 Å². The Balaban J connectivity index is 1.72. The molecule has 0 N–H and O–H groups in total. The molecule has 2 aromatic rings. The quantitative estimate of drug-likeness (QED) is 0.300. The van der Waals surface area contributed by atoms with Gasteiger partial charge in [0.2, 0.25) is 4.33 Å². The molecule has 0 amide bonds. The molecule has 0 spiro atoms. The van der Waals surface area contributed by atoms with Crippen LogP contribution in [0.4, 0.5) is 0 Å². The Morgan fingerprint density at radius 2 is 1.58 bits per heavy atom. The number of halogens is 2. The second-order valence-electron chi connectivity index (χ2n) is 9.05. The van der Waals surface area contributed by atoms with E-state index in [0.717, 1.165) is 50.5 Å². The van der Waals surface area contributed by atoms with E-state index < -0.39 is 9.93 Å². The number of hydrogen-bond acceptors (Lipinski definition) is 2. The predicted molar refractivity (Wildman–Crippen MR) is 128 cm³/mol. The van der Waals surface area contributed by atoms with Crippen LogP contribution >= 0.6 is 23.2 Å². The molecular formula is C27H32Cl2O2. The molecule has 2 aromatic carbocycles. The van der Waals surface area contributed by atoms with Crippen molar-refractivity contribution in [1.82, 2.24) is 0 Å². The Labute approximate surface area is 196 Å². The summed E-state index contributed by atoms with van der Waals surface area (Å²) in [4.78, 5) is 13.1. The number of Topliss-reactive ketones (excluding diaryl/α,β-unsaturated/α-hetero) is 1. The van der Waals surface area contributed by atoms with E-state index in [1.807, 2.05) is 36.4 Å². The minimum Gasteiger partial charge on any atom is -0.362 e. The first-order valence-corrected chi connectivity index (χ1v) is 12.5. The Morgan fingerprint density at radius 1 is 0.935 bits per heavy atom. The van der Waals surface area contributed by atoms with Crippen LogP contribution in [0.2, 0.25) is 0 Å². The van der Waals surface area contributed by atoms with Crippen molar-refractivity contribution >= 4 is 29.0 Å². The molecule has 2 nitrogen and oxygen atoms in total. The first-order valence-electron chi connectivity index (χ1n) is 11.7. The highest BCUT2D eigenvalue weighted by Crippen LogP contribution is 2.63. The van der Waals surface area contributed by atoms with Gasteiger partial charge in [-0.05, 0) is 30.4 Å². The van der Waals surface area contributed by atoms with Crippen molar-refractivity contribution in [2.45, 2.75) is 80.2 Å². The molecule has 4 heteroatoms. The highest BCUT2D eigenvalue weighted by atomic mass is 35.5. The van der Waals surface area contributed by atoms with E-state index in [1.165, 1.54) is 12.0 Å². The number of hydrogen-bond donors (Lipinski definition) is 0. The van der Waals surface area contributed by atoms with Crippen LogP contribution in [0, 0.1) is 5.92 Å². The number of ketones is 1. The smallest absolute Gasteiger partial charge is 0.209 e. The third-order valence-electron chi connectivity index (χ3n) is 7.15.